The zero-order valence-electron chi connectivity index (χ0n) is 12.4. The predicted octanol–water partition coefficient (Wildman–Crippen LogP) is 0.759. The first kappa shape index (κ1) is 14.6. The van der Waals surface area contributed by atoms with Crippen LogP contribution in [0, 0.1) is 25.7 Å². The quantitative estimate of drug-likeness (QED) is 0.883. The molecule has 0 saturated carbocycles. The van der Waals surface area contributed by atoms with Crippen molar-refractivity contribution in [2.75, 3.05) is 13.1 Å². The van der Waals surface area contributed by atoms with E-state index >= 15 is 0 Å². The van der Waals surface area contributed by atoms with Crippen LogP contribution >= 0.6 is 0 Å². The highest BCUT2D eigenvalue weighted by molar-refractivity contribution is 5.80. The van der Waals surface area contributed by atoms with Gasteiger partial charge in [-0.3, -0.25) is 14.3 Å². The number of carbonyl (C=O) groups excluding carboxylic acids is 1. The number of carbonyl (C=O) groups is 2. The van der Waals surface area contributed by atoms with Crippen LogP contribution < -0.4 is 0 Å². The zero-order valence-corrected chi connectivity index (χ0v) is 12.4. The van der Waals surface area contributed by atoms with Gasteiger partial charge in [0.1, 0.15) is 0 Å². The predicted molar refractivity (Wildman–Crippen MR) is 73.3 cm³/mol. The topological polar surface area (TPSA) is 75.4 Å². The summed E-state index contributed by atoms with van der Waals surface area (Å²) >= 11 is 0. The van der Waals surface area contributed by atoms with E-state index in [4.69, 9.17) is 5.11 Å². The Hall–Kier alpha value is -1.85. The van der Waals surface area contributed by atoms with Gasteiger partial charge in [0.15, 0.2) is 0 Å². The molecule has 0 aromatic carbocycles. The fourth-order valence-electron chi connectivity index (χ4n) is 2.57. The molecular formula is C14H21N3O3. The van der Waals surface area contributed by atoms with Crippen molar-refractivity contribution in [2.45, 2.75) is 27.2 Å². The number of carboxylic acid groups (broad SMARTS) is 1. The van der Waals surface area contributed by atoms with Gasteiger partial charge in [-0.25, -0.2) is 0 Å². The number of aliphatic carboxylic acids is 1. The van der Waals surface area contributed by atoms with Crippen molar-refractivity contribution < 1.29 is 14.7 Å². The fraction of sp³-hybridized carbons (Fsp3) is 0.643. The first-order valence-electron chi connectivity index (χ1n) is 6.81. The molecule has 110 valence electrons. The van der Waals surface area contributed by atoms with E-state index in [1.165, 1.54) is 0 Å². The second-order valence-corrected chi connectivity index (χ2v) is 5.64. The van der Waals surface area contributed by atoms with Crippen LogP contribution in [0.4, 0.5) is 0 Å². The molecule has 1 fully saturated rings. The van der Waals surface area contributed by atoms with E-state index < -0.39 is 5.97 Å². The van der Waals surface area contributed by atoms with Crippen molar-refractivity contribution in [2.24, 2.45) is 18.9 Å². The molecule has 0 bridgehead atoms. The second kappa shape index (κ2) is 5.26. The van der Waals surface area contributed by atoms with Crippen molar-refractivity contribution in [3.8, 4) is 0 Å². The summed E-state index contributed by atoms with van der Waals surface area (Å²) < 4.78 is 1.78. The number of carboxylic acids is 1. The van der Waals surface area contributed by atoms with E-state index in [-0.39, 0.29) is 17.7 Å². The molecule has 0 radical (unpaired) electrons. The van der Waals surface area contributed by atoms with Gasteiger partial charge in [0.2, 0.25) is 5.91 Å². The van der Waals surface area contributed by atoms with Crippen LogP contribution in [0.1, 0.15) is 23.9 Å². The van der Waals surface area contributed by atoms with Crippen molar-refractivity contribution in [1.29, 1.82) is 0 Å². The monoisotopic (exact) mass is 279 g/mol. The molecule has 1 N–H and O–H groups in total. The molecule has 1 aliphatic rings. The summed E-state index contributed by atoms with van der Waals surface area (Å²) in [5.41, 5.74) is 2.87. The highest BCUT2D eigenvalue weighted by Crippen LogP contribution is 2.25. The van der Waals surface area contributed by atoms with Gasteiger partial charge in [-0.1, -0.05) is 6.92 Å². The van der Waals surface area contributed by atoms with E-state index in [1.54, 1.807) is 16.5 Å². The molecule has 1 atom stereocenters. The number of nitrogens with zero attached hydrogens (tertiary/aromatic N) is 3. The highest BCUT2D eigenvalue weighted by atomic mass is 16.4. The van der Waals surface area contributed by atoms with Gasteiger partial charge >= 0.3 is 5.97 Å². The molecule has 2 rings (SSSR count). The molecule has 1 unspecified atom stereocenters. The van der Waals surface area contributed by atoms with Gasteiger partial charge in [0.25, 0.3) is 0 Å². The van der Waals surface area contributed by atoms with Gasteiger partial charge in [0, 0.05) is 37.3 Å². The van der Waals surface area contributed by atoms with Crippen LogP contribution in [0.5, 0.6) is 0 Å². The lowest BCUT2D eigenvalue weighted by molar-refractivity contribution is -0.150. The Morgan fingerprint density at radius 2 is 2.00 bits per heavy atom. The van der Waals surface area contributed by atoms with Crippen LogP contribution in [-0.4, -0.2) is 44.8 Å². The summed E-state index contributed by atoms with van der Waals surface area (Å²) in [6, 6.07) is 0. The van der Waals surface area contributed by atoms with Crippen molar-refractivity contribution >= 4 is 11.9 Å². The minimum absolute atomic E-state index is 0.0537. The minimum Gasteiger partial charge on any atom is -0.481 e. The third kappa shape index (κ3) is 2.55. The van der Waals surface area contributed by atoms with Gasteiger partial charge < -0.3 is 10.0 Å². The van der Waals surface area contributed by atoms with Crippen LogP contribution in [0.2, 0.25) is 0 Å². The number of hydrogen-bond donors (Lipinski definition) is 1. The average Bonchev–Trinajstić information content (AvgIpc) is 2.53. The smallest absolute Gasteiger partial charge is 0.306 e. The second-order valence-electron chi connectivity index (χ2n) is 5.64. The van der Waals surface area contributed by atoms with Gasteiger partial charge in [-0.05, 0) is 13.8 Å². The van der Waals surface area contributed by atoms with Crippen molar-refractivity contribution in [1.82, 2.24) is 14.7 Å². The molecule has 1 aliphatic heterocycles. The molecule has 0 spiro atoms. The lowest BCUT2D eigenvalue weighted by Crippen LogP contribution is -2.54. The Balaban J connectivity index is 1.93. The maximum absolute atomic E-state index is 12.2. The maximum Gasteiger partial charge on any atom is 0.306 e. The number of likely N-dealkylation sites (tertiary alicyclic amines) is 1. The molecule has 6 heteroatoms. The normalized spacial score (nSPS) is 16.9. The molecule has 2 heterocycles. The molecule has 20 heavy (non-hydrogen) atoms. The Morgan fingerprint density at radius 1 is 1.40 bits per heavy atom. The summed E-state index contributed by atoms with van der Waals surface area (Å²) in [6.07, 6.45) is 0.347. The van der Waals surface area contributed by atoms with Crippen LogP contribution in [0.25, 0.3) is 0 Å². The van der Waals surface area contributed by atoms with E-state index in [2.05, 4.69) is 5.10 Å². The summed E-state index contributed by atoms with van der Waals surface area (Å²) in [7, 11) is 1.87. The molecule has 1 aromatic rings. The number of aromatic nitrogens is 2. The number of rotatable bonds is 4. The average molecular weight is 279 g/mol. The van der Waals surface area contributed by atoms with Crippen molar-refractivity contribution in [3.63, 3.8) is 0 Å². The molecular weight excluding hydrogens is 258 g/mol. The standard InChI is InChI=1S/C14H21N3O3/c1-8(14(19)20)11-6-17(7-11)13(18)5-12-9(2)15-16(4)10(12)3/h8,11H,5-7H2,1-4H3,(H,19,20). The lowest BCUT2D eigenvalue weighted by Gasteiger charge is -2.41. The lowest BCUT2D eigenvalue weighted by atomic mass is 9.86. The molecule has 1 aromatic heterocycles. The Morgan fingerprint density at radius 3 is 2.45 bits per heavy atom. The molecule has 1 saturated heterocycles. The first-order valence-corrected chi connectivity index (χ1v) is 6.81. The zero-order chi connectivity index (χ0) is 15.0. The number of amides is 1. The SMILES string of the molecule is Cc1nn(C)c(C)c1CC(=O)N1CC(C(C)C(=O)O)C1. The summed E-state index contributed by atoms with van der Waals surface area (Å²) in [5, 5.41) is 13.2. The summed E-state index contributed by atoms with van der Waals surface area (Å²) in [4.78, 5) is 24.8. The number of aryl methyl sites for hydroxylation is 2. The Labute approximate surface area is 118 Å². The van der Waals surface area contributed by atoms with Gasteiger partial charge in [-0.2, -0.15) is 5.10 Å². The third-order valence-corrected chi connectivity index (χ3v) is 4.35. The minimum atomic E-state index is -0.791. The van der Waals surface area contributed by atoms with E-state index in [0.717, 1.165) is 17.0 Å². The van der Waals surface area contributed by atoms with E-state index in [1.807, 2.05) is 20.9 Å². The number of hydrogen-bond acceptors (Lipinski definition) is 3. The Bertz CT molecular complexity index is 544. The third-order valence-electron chi connectivity index (χ3n) is 4.35. The maximum atomic E-state index is 12.2. The van der Waals surface area contributed by atoms with Gasteiger partial charge in [-0.15, -0.1) is 0 Å². The fourth-order valence-corrected chi connectivity index (χ4v) is 2.57. The molecule has 1 amide bonds. The Kier molecular flexibility index (Phi) is 3.83. The van der Waals surface area contributed by atoms with E-state index in [0.29, 0.717) is 19.5 Å². The van der Waals surface area contributed by atoms with Crippen LogP contribution in [0.3, 0.4) is 0 Å². The van der Waals surface area contributed by atoms with Gasteiger partial charge in [0.05, 0.1) is 18.0 Å². The van der Waals surface area contributed by atoms with Crippen LogP contribution in [-0.2, 0) is 23.1 Å². The highest BCUT2D eigenvalue weighted by Gasteiger charge is 2.37. The summed E-state index contributed by atoms with van der Waals surface area (Å²) in [5.74, 6) is -1.05. The van der Waals surface area contributed by atoms with Crippen LogP contribution in [0.15, 0.2) is 0 Å². The molecule has 0 aliphatic carbocycles. The van der Waals surface area contributed by atoms with Crippen molar-refractivity contribution in [3.05, 3.63) is 17.0 Å². The largest absolute Gasteiger partial charge is 0.481 e. The molecule has 6 nitrogen and oxygen atoms in total. The summed E-state index contributed by atoms with van der Waals surface area (Å²) in [6.45, 7) is 6.65. The first-order chi connectivity index (χ1) is 9.31. The van der Waals surface area contributed by atoms with E-state index in [9.17, 15) is 9.59 Å².